The van der Waals surface area contributed by atoms with Crippen molar-refractivity contribution in [2.45, 2.75) is 6.42 Å². The summed E-state index contributed by atoms with van der Waals surface area (Å²) in [5.41, 5.74) is 6.19. The number of amides is 1. The first kappa shape index (κ1) is 22.5. The van der Waals surface area contributed by atoms with E-state index in [0.717, 1.165) is 12.0 Å². The molecule has 1 amide bonds. The SMILES string of the molecule is Cl.NCCc1ccc(Oc2ccc(F)c(C(=O)N3C[C@H]4COC[C@@]4(CO)C3)c2)cc1. The second-order valence-corrected chi connectivity index (χ2v) is 7.84. The van der Waals surface area contributed by atoms with Crippen LogP contribution in [0, 0.1) is 17.2 Å². The molecular weight excluding hydrogens is 411 g/mol. The van der Waals surface area contributed by atoms with Crippen LogP contribution in [0.5, 0.6) is 11.5 Å². The zero-order chi connectivity index (χ0) is 20.4. The van der Waals surface area contributed by atoms with Crippen molar-refractivity contribution < 1.29 is 23.8 Å². The van der Waals surface area contributed by atoms with E-state index in [0.29, 0.717) is 44.3 Å². The van der Waals surface area contributed by atoms with Crippen LogP contribution in [0.15, 0.2) is 42.5 Å². The highest BCUT2D eigenvalue weighted by molar-refractivity contribution is 5.95. The predicted octanol–water partition coefficient (Wildman–Crippen LogP) is 2.62. The third kappa shape index (κ3) is 4.30. The van der Waals surface area contributed by atoms with Gasteiger partial charge in [0.1, 0.15) is 17.3 Å². The molecular formula is C22H26ClFN2O4. The fourth-order valence-corrected chi connectivity index (χ4v) is 4.14. The fraction of sp³-hybridized carbons (Fsp3) is 0.409. The Bertz CT molecular complexity index is 895. The molecule has 2 aliphatic heterocycles. The molecule has 2 aliphatic rings. The molecule has 2 aromatic rings. The van der Waals surface area contributed by atoms with Crippen LogP contribution in [0.1, 0.15) is 15.9 Å². The second-order valence-electron chi connectivity index (χ2n) is 7.84. The van der Waals surface area contributed by atoms with Crippen LogP contribution in [-0.4, -0.2) is 55.4 Å². The quantitative estimate of drug-likeness (QED) is 0.727. The molecule has 2 aromatic carbocycles. The van der Waals surface area contributed by atoms with Gasteiger partial charge in [0.15, 0.2) is 0 Å². The van der Waals surface area contributed by atoms with Crippen molar-refractivity contribution >= 4 is 18.3 Å². The molecule has 0 saturated carbocycles. The van der Waals surface area contributed by atoms with Crippen LogP contribution in [0.4, 0.5) is 4.39 Å². The van der Waals surface area contributed by atoms with Crippen molar-refractivity contribution in [2.75, 3.05) is 39.5 Å². The Morgan fingerprint density at radius 3 is 2.67 bits per heavy atom. The summed E-state index contributed by atoms with van der Waals surface area (Å²) in [4.78, 5) is 14.6. The molecule has 6 nitrogen and oxygen atoms in total. The minimum absolute atomic E-state index is 0. The zero-order valence-electron chi connectivity index (χ0n) is 16.6. The minimum Gasteiger partial charge on any atom is -0.457 e. The van der Waals surface area contributed by atoms with E-state index in [4.69, 9.17) is 15.2 Å². The summed E-state index contributed by atoms with van der Waals surface area (Å²) in [5.74, 6) is 0.0789. The molecule has 2 saturated heterocycles. The summed E-state index contributed by atoms with van der Waals surface area (Å²) < 4.78 is 25.7. The molecule has 2 heterocycles. The fourth-order valence-electron chi connectivity index (χ4n) is 4.14. The highest BCUT2D eigenvalue weighted by Gasteiger charge is 2.51. The highest BCUT2D eigenvalue weighted by Crippen LogP contribution is 2.41. The van der Waals surface area contributed by atoms with Crippen molar-refractivity contribution in [1.82, 2.24) is 4.90 Å². The van der Waals surface area contributed by atoms with Crippen molar-refractivity contribution in [3.63, 3.8) is 0 Å². The highest BCUT2D eigenvalue weighted by atomic mass is 35.5. The Morgan fingerprint density at radius 2 is 2.00 bits per heavy atom. The Balaban J connectivity index is 0.00000256. The van der Waals surface area contributed by atoms with Gasteiger partial charge < -0.3 is 25.2 Å². The summed E-state index contributed by atoms with van der Waals surface area (Å²) in [6.45, 7) is 2.27. The van der Waals surface area contributed by atoms with Gasteiger partial charge in [-0.1, -0.05) is 12.1 Å². The van der Waals surface area contributed by atoms with Crippen LogP contribution in [-0.2, 0) is 11.2 Å². The second kappa shape index (κ2) is 9.31. The number of nitrogens with zero attached hydrogens (tertiary/aromatic N) is 1. The summed E-state index contributed by atoms with van der Waals surface area (Å²) in [5, 5.41) is 9.79. The van der Waals surface area contributed by atoms with Crippen LogP contribution >= 0.6 is 12.4 Å². The van der Waals surface area contributed by atoms with E-state index < -0.39 is 17.1 Å². The molecule has 162 valence electrons. The normalized spacial score (nSPS) is 22.5. The van der Waals surface area contributed by atoms with Crippen molar-refractivity contribution in [3.05, 3.63) is 59.4 Å². The van der Waals surface area contributed by atoms with E-state index in [-0.39, 0.29) is 30.5 Å². The van der Waals surface area contributed by atoms with Gasteiger partial charge in [0.25, 0.3) is 5.91 Å². The topological polar surface area (TPSA) is 85.0 Å². The predicted molar refractivity (Wildman–Crippen MR) is 113 cm³/mol. The molecule has 0 aromatic heterocycles. The first-order valence-corrected chi connectivity index (χ1v) is 9.79. The molecule has 0 bridgehead atoms. The number of carbonyl (C=O) groups is 1. The van der Waals surface area contributed by atoms with Gasteiger partial charge in [-0.05, 0) is 48.9 Å². The smallest absolute Gasteiger partial charge is 0.256 e. The molecule has 4 rings (SSSR count). The summed E-state index contributed by atoms with van der Waals surface area (Å²) >= 11 is 0. The number of halogens is 2. The maximum absolute atomic E-state index is 14.4. The Hall–Kier alpha value is -2.19. The van der Waals surface area contributed by atoms with Gasteiger partial charge >= 0.3 is 0 Å². The third-order valence-corrected chi connectivity index (χ3v) is 5.88. The van der Waals surface area contributed by atoms with Gasteiger partial charge in [-0.15, -0.1) is 12.4 Å². The van der Waals surface area contributed by atoms with E-state index in [2.05, 4.69) is 0 Å². The van der Waals surface area contributed by atoms with Gasteiger partial charge in [-0.25, -0.2) is 4.39 Å². The van der Waals surface area contributed by atoms with E-state index >= 15 is 0 Å². The van der Waals surface area contributed by atoms with Crippen LogP contribution in [0.25, 0.3) is 0 Å². The van der Waals surface area contributed by atoms with E-state index in [1.807, 2.05) is 24.3 Å². The number of likely N-dealkylation sites (tertiary alicyclic amines) is 1. The molecule has 0 aliphatic carbocycles. The molecule has 0 unspecified atom stereocenters. The molecule has 0 spiro atoms. The average Bonchev–Trinajstić information content (AvgIpc) is 3.28. The number of fused-ring (bicyclic) bond motifs is 1. The monoisotopic (exact) mass is 436 g/mol. The van der Waals surface area contributed by atoms with E-state index in [9.17, 15) is 14.3 Å². The van der Waals surface area contributed by atoms with Crippen LogP contribution < -0.4 is 10.5 Å². The lowest BCUT2D eigenvalue weighted by Crippen LogP contribution is -2.36. The summed E-state index contributed by atoms with van der Waals surface area (Å²) in [6, 6.07) is 11.7. The Kier molecular flexibility index (Phi) is 6.98. The average molecular weight is 437 g/mol. The number of aliphatic hydroxyl groups is 1. The summed E-state index contributed by atoms with van der Waals surface area (Å²) in [6.07, 6.45) is 0.784. The Labute approximate surface area is 181 Å². The maximum Gasteiger partial charge on any atom is 0.256 e. The lowest BCUT2D eigenvalue weighted by molar-refractivity contribution is 0.0627. The molecule has 2 atom stereocenters. The molecule has 3 N–H and O–H groups in total. The van der Waals surface area contributed by atoms with Crippen molar-refractivity contribution in [2.24, 2.45) is 17.1 Å². The first-order valence-electron chi connectivity index (χ1n) is 9.79. The van der Waals surface area contributed by atoms with E-state index in [1.54, 1.807) is 4.90 Å². The largest absolute Gasteiger partial charge is 0.457 e. The van der Waals surface area contributed by atoms with Gasteiger partial charge in [-0.3, -0.25) is 4.79 Å². The zero-order valence-corrected chi connectivity index (χ0v) is 17.4. The number of aliphatic hydroxyl groups excluding tert-OH is 1. The number of nitrogens with two attached hydrogens (primary N) is 1. The van der Waals surface area contributed by atoms with Crippen molar-refractivity contribution in [1.29, 1.82) is 0 Å². The first-order chi connectivity index (χ1) is 14.0. The minimum atomic E-state index is -0.591. The standard InChI is InChI=1S/C22H25FN2O4.ClH/c23-20-6-5-18(29-17-3-1-15(2-4-17)7-8-24)9-19(20)21(27)25-10-16-11-28-14-22(16,12-25)13-26;/h1-6,9,16,26H,7-8,10-14,24H2;1H/t16-,22-;/m0./s1. The number of benzene rings is 2. The van der Waals surface area contributed by atoms with Crippen LogP contribution in [0.3, 0.4) is 0 Å². The number of hydrogen-bond acceptors (Lipinski definition) is 5. The van der Waals surface area contributed by atoms with Gasteiger partial charge in [0, 0.05) is 24.4 Å². The van der Waals surface area contributed by atoms with E-state index in [1.165, 1.54) is 18.2 Å². The number of rotatable bonds is 6. The molecule has 0 radical (unpaired) electrons. The van der Waals surface area contributed by atoms with Gasteiger partial charge in [-0.2, -0.15) is 0 Å². The summed E-state index contributed by atoms with van der Waals surface area (Å²) in [7, 11) is 0. The number of ether oxygens (including phenoxy) is 2. The number of carbonyl (C=O) groups excluding carboxylic acids is 1. The molecule has 8 heteroatoms. The lowest BCUT2D eigenvalue weighted by atomic mass is 9.82. The molecule has 2 fully saturated rings. The maximum atomic E-state index is 14.4. The van der Waals surface area contributed by atoms with Gasteiger partial charge in [0.05, 0.1) is 25.4 Å². The van der Waals surface area contributed by atoms with Crippen LogP contribution in [0.2, 0.25) is 0 Å². The molecule has 30 heavy (non-hydrogen) atoms. The lowest BCUT2D eigenvalue weighted by Gasteiger charge is -2.24. The Morgan fingerprint density at radius 1 is 1.27 bits per heavy atom. The number of hydrogen-bond donors (Lipinski definition) is 2. The third-order valence-electron chi connectivity index (χ3n) is 5.88. The van der Waals surface area contributed by atoms with Crippen molar-refractivity contribution in [3.8, 4) is 11.5 Å². The van der Waals surface area contributed by atoms with Gasteiger partial charge in [0.2, 0.25) is 0 Å².